The number of fused-ring (bicyclic) bond motifs is 1. The van der Waals surface area contributed by atoms with E-state index in [2.05, 4.69) is 19.0 Å². The van der Waals surface area contributed by atoms with Crippen LogP contribution in [0.2, 0.25) is 0 Å². The molecular formula is C29H33FN4O5. The number of carboxylic acid groups (broad SMARTS) is 1. The van der Waals surface area contributed by atoms with Crippen molar-refractivity contribution in [3.8, 4) is 11.5 Å². The first kappa shape index (κ1) is 26.7. The van der Waals surface area contributed by atoms with Crippen molar-refractivity contribution in [2.75, 3.05) is 25.1 Å². The molecule has 0 radical (unpaired) electrons. The molecule has 1 saturated carbocycles. The van der Waals surface area contributed by atoms with E-state index in [0.29, 0.717) is 29.9 Å². The molecule has 3 aromatic rings. The van der Waals surface area contributed by atoms with Crippen molar-refractivity contribution in [1.82, 2.24) is 4.57 Å². The van der Waals surface area contributed by atoms with E-state index < -0.39 is 23.3 Å². The number of aromatic carboxylic acids is 1. The SMILES string of the molecule is CCc1ccc(O/N=C2/CCN(c3c(F)cc4c(=O)c(C(=O)O)cn(C5CC5)c4c3OC)CC2N)cc1CC. The Balaban J connectivity index is 1.46. The highest BCUT2D eigenvalue weighted by molar-refractivity contribution is 5.98. The number of ether oxygens (including phenoxy) is 1. The molecule has 2 aromatic carbocycles. The number of methoxy groups -OCH3 is 1. The number of carboxylic acids is 1. The third kappa shape index (κ3) is 4.96. The van der Waals surface area contributed by atoms with Crippen LogP contribution < -0.4 is 25.6 Å². The third-order valence-corrected chi connectivity index (χ3v) is 7.58. The summed E-state index contributed by atoms with van der Waals surface area (Å²) in [4.78, 5) is 32.2. The number of aromatic nitrogens is 1. The molecular weight excluding hydrogens is 503 g/mol. The first-order valence-corrected chi connectivity index (χ1v) is 13.3. The number of oxime groups is 1. The number of benzene rings is 2. The summed E-state index contributed by atoms with van der Waals surface area (Å²) >= 11 is 0. The van der Waals surface area contributed by atoms with Gasteiger partial charge in [-0.25, -0.2) is 9.18 Å². The van der Waals surface area contributed by atoms with Crippen LogP contribution in [0.3, 0.4) is 0 Å². The van der Waals surface area contributed by atoms with Gasteiger partial charge >= 0.3 is 5.97 Å². The van der Waals surface area contributed by atoms with Crippen LogP contribution in [0.15, 0.2) is 40.4 Å². The predicted molar refractivity (Wildman–Crippen MR) is 148 cm³/mol. The van der Waals surface area contributed by atoms with Crippen LogP contribution in [0.5, 0.6) is 11.5 Å². The molecule has 1 aliphatic heterocycles. The zero-order valence-electron chi connectivity index (χ0n) is 22.4. The number of carbonyl (C=O) groups is 1. The van der Waals surface area contributed by atoms with Crippen molar-refractivity contribution in [2.24, 2.45) is 10.9 Å². The van der Waals surface area contributed by atoms with E-state index in [-0.39, 0.29) is 35.0 Å². The minimum atomic E-state index is -1.34. The molecule has 39 heavy (non-hydrogen) atoms. The van der Waals surface area contributed by atoms with E-state index in [1.807, 2.05) is 18.2 Å². The Kier molecular flexibility index (Phi) is 7.31. The highest BCUT2D eigenvalue weighted by Crippen LogP contribution is 2.44. The molecule has 0 amide bonds. The highest BCUT2D eigenvalue weighted by atomic mass is 19.1. The van der Waals surface area contributed by atoms with Gasteiger partial charge in [0.05, 0.1) is 29.8 Å². The van der Waals surface area contributed by atoms with Crippen molar-refractivity contribution >= 4 is 28.3 Å². The van der Waals surface area contributed by atoms with Gasteiger partial charge in [-0.1, -0.05) is 25.1 Å². The van der Waals surface area contributed by atoms with Crippen LogP contribution in [0.4, 0.5) is 10.1 Å². The summed E-state index contributed by atoms with van der Waals surface area (Å²) in [6.45, 7) is 4.89. The maximum atomic E-state index is 15.6. The second-order valence-corrected chi connectivity index (χ2v) is 10.1. The minimum Gasteiger partial charge on any atom is -0.492 e. The maximum Gasteiger partial charge on any atom is 0.341 e. The quantitative estimate of drug-likeness (QED) is 0.413. The molecule has 3 N–H and O–H groups in total. The summed E-state index contributed by atoms with van der Waals surface area (Å²) < 4.78 is 23.1. The maximum absolute atomic E-state index is 15.6. The fourth-order valence-corrected chi connectivity index (χ4v) is 5.35. The number of hydrogen-bond acceptors (Lipinski definition) is 7. The van der Waals surface area contributed by atoms with Crippen LogP contribution >= 0.6 is 0 Å². The standard InChI is InChI=1S/C29H33FN4O5/c1-4-16-6-9-19(12-17(16)5-2)39-32-24-10-11-33(15-23(24)31)26-22(30)13-20-25(28(26)38-3)34(18-7-8-18)14-21(27(20)35)29(36)37/h6,9,12-14,18,23H,4-5,7-8,10-11,15,31H2,1-3H3,(H,36,37)/b32-24-. The Bertz CT molecular complexity index is 1530. The van der Waals surface area contributed by atoms with Crippen molar-refractivity contribution in [1.29, 1.82) is 0 Å². The van der Waals surface area contributed by atoms with Gasteiger partial charge in [0.2, 0.25) is 5.43 Å². The molecule has 2 fully saturated rings. The fourth-order valence-electron chi connectivity index (χ4n) is 5.35. The number of aryl methyl sites for hydroxylation is 2. The summed E-state index contributed by atoms with van der Waals surface area (Å²) in [5.41, 5.74) is 9.08. The van der Waals surface area contributed by atoms with E-state index in [4.69, 9.17) is 15.3 Å². The first-order valence-electron chi connectivity index (χ1n) is 13.3. The van der Waals surface area contributed by atoms with Crippen molar-refractivity contribution in [3.63, 3.8) is 0 Å². The first-order chi connectivity index (χ1) is 18.8. The van der Waals surface area contributed by atoms with Gasteiger partial charge in [-0.2, -0.15) is 0 Å². The number of anilines is 1. The third-order valence-electron chi connectivity index (χ3n) is 7.58. The highest BCUT2D eigenvalue weighted by Gasteiger charge is 2.33. The number of piperidine rings is 1. The molecule has 9 nitrogen and oxygen atoms in total. The largest absolute Gasteiger partial charge is 0.492 e. The Morgan fingerprint density at radius 3 is 2.56 bits per heavy atom. The lowest BCUT2D eigenvalue weighted by Gasteiger charge is -2.34. The molecule has 10 heteroatoms. The molecule has 1 aromatic heterocycles. The van der Waals surface area contributed by atoms with Crippen molar-refractivity contribution in [3.05, 3.63) is 63.2 Å². The Hall–Kier alpha value is -3.92. The van der Waals surface area contributed by atoms with Gasteiger partial charge in [0.25, 0.3) is 0 Å². The molecule has 206 valence electrons. The number of pyridine rings is 1. The molecule has 5 rings (SSSR count). The van der Waals surface area contributed by atoms with Crippen LogP contribution in [0, 0.1) is 5.82 Å². The van der Waals surface area contributed by atoms with Gasteiger partial charge in [-0.3, -0.25) is 4.79 Å². The van der Waals surface area contributed by atoms with Gasteiger partial charge in [-0.15, -0.1) is 0 Å². The number of nitrogens with two attached hydrogens (primary N) is 1. The van der Waals surface area contributed by atoms with Gasteiger partial charge < -0.3 is 29.9 Å². The summed E-state index contributed by atoms with van der Waals surface area (Å²) in [5, 5.41) is 13.9. The number of hydrogen-bond donors (Lipinski definition) is 2. The average Bonchev–Trinajstić information content (AvgIpc) is 3.77. The van der Waals surface area contributed by atoms with Gasteiger partial charge in [-0.05, 0) is 55.0 Å². The monoisotopic (exact) mass is 536 g/mol. The van der Waals surface area contributed by atoms with E-state index >= 15 is 4.39 Å². The minimum absolute atomic E-state index is 0.0163. The Morgan fingerprint density at radius 1 is 1.21 bits per heavy atom. The number of rotatable bonds is 8. The summed E-state index contributed by atoms with van der Waals surface area (Å²) in [7, 11) is 1.42. The normalized spacial score (nSPS) is 18.5. The second-order valence-electron chi connectivity index (χ2n) is 10.1. The molecule has 1 aliphatic carbocycles. The van der Waals surface area contributed by atoms with Crippen molar-refractivity contribution < 1.29 is 23.9 Å². The molecule has 0 spiro atoms. The molecule has 1 saturated heterocycles. The predicted octanol–water partition coefficient (Wildman–Crippen LogP) is 4.28. The molecule has 2 heterocycles. The van der Waals surface area contributed by atoms with E-state index in [0.717, 1.165) is 31.7 Å². The average molecular weight is 537 g/mol. The number of halogens is 1. The second kappa shape index (κ2) is 10.7. The van der Waals surface area contributed by atoms with Crippen LogP contribution in [-0.2, 0) is 12.8 Å². The topological polar surface area (TPSA) is 119 Å². The van der Waals surface area contributed by atoms with E-state index in [1.54, 1.807) is 9.47 Å². The number of nitrogens with zero attached hydrogens (tertiary/aromatic N) is 3. The van der Waals surface area contributed by atoms with Gasteiger partial charge in [0.15, 0.2) is 17.3 Å². The Labute approximate surface area is 225 Å². The zero-order chi connectivity index (χ0) is 27.8. The Morgan fingerprint density at radius 2 is 1.95 bits per heavy atom. The van der Waals surface area contributed by atoms with Crippen LogP contribution in [0.1, 0.15) is 60.6 Å². The van der Waals surface area contributed by atoms with Gasteiger partial charge in [0, 0.05) is 31.7 Å². The molecule has 1 atom stereocenters. The molecule has 1 unspecified atom stereocenters. The smallest absolute Gasteiger partial charge is 0.341 e. The van der Waals surface area contributed by atoms with E-state index in [1.165, 1.54) is 24.4 Å². The van der Waals surface area contributed by atoms with Crippen LogP contribution in [0.25, 0.3) is 10.9 Å². The van der Waals surface area contributed by atoms with Crippen molar-refractivity contribution in [2.45, 2.75) is 58.0 Å². The lowest BCUT2D eigenvalue weighted by Crippen LogP contribution is -2.49. The summed E-state index contributed by atoms with van der Waals surface area (Å²) in [5.74, 6) is -1.18. The molecule has 0 bridgehead atoms. The fraction of sp³-hybridized carbons (Fsp3) is 0.414. The van der Waals surface area contributed by atoms with Gasteiger partial charge in [0.1, 0.15) is 11.3 Å². The van der Waals surface area contributed by atoms with Crippen LogP contribution in [-0.4, -0.2) is 47.6 Å². The zero-order valence-corrected chi connectivity index (χ0v) is 22.4. The van der Waals surface area contributed by atoms with E-state index in [9.17, 15) is 14.7 Å². The molecule has 2 aliphatic rings. The lowest BCUT2D eigenvalue weighted by molar-refractivity contribution is 0.0694. The summed E-state index contributed by atoms with van der Waals surface area (Å²) in [6.07, 6.45) is 5.31. The lowest BCUT2D eigenvalue weighted by atomic mass is 10.0. The summed E-state index contributed by atoms with van der Waals surface area (Å²) in [6, 6.07) is 6.56.